The summed E-state index contributed by atoms with van der Waals surface area (Å²) in [5.74, 6) is -0.132. The van der Waals surface area contributed by atoms with Crippen LogP contribution in [0.2, 0.25) is 0 Å². The molecule has 3 nitrogen and oxygen atoms in total. The Morgan fingerprint density at radius 3 is 2.88 bits per heavy atom. The van der Waals surface area contributed by atoms with Crippen molar-refractivity contribution in [3.8, 4) is 0 Å². The van der Waals surface area contributed by atoms with E-state index in [1.165, 1.54) is 18.1 Å². The topological polar surface area (TPSA) is 45.8 Å². The predicted octanol–water partition coefficient (Wildman–Crippen LogP) is 1.91. The number of benzene rings is 1. The van der Waals surface area contributed by atoms with Crippen molar-refractivity contribution in [2.45, 2.75) is 19.3 Å². The van der Waals surface area contributed by atoms with Crippen LogP contribution < -0.4 is 5.56 Å². The monoisotopic (exact) mass is 230 g/mol. The van der Waals surface area contributed by atoms with E-state index in [0.29, 0.717) is 5.82 Å². The van der Waals surface area contributed by atoms with Gasteiger partial charge in [-0.1, -0.05) is 24.3 Å². The maximum atomic E-state index is 13.2. The van der Waals surface area contributed by atoms with Crippen LogP contribution in [0.25, 0.3) is 0 Å². The molecule has 0 fully saturated rings. The van der Waals surface area contributed by atoms with Crippen molar-refractivity contribution >= 4 is 0 Å². The van der Waals surface area contributed by atoms with Gasteiger partial charge < -0.3 is 4.98 Å². The zero-order valence-electron chi connectivity index (χ0n) is 9.33. The highest BCUT2D eigenvalue weighted by Gasteiger charge is 2.29. The molecule has 1 unspecified atom stereocenters. The largest absolute Gasteiger partial charge is 0.307 e. The summed E-state index contributed by atoms with van der Waals surface area (Å²) < 4.78 is 13.2. The van der Waals surface area contributed by atoms with E-state index in [-0.39, 0.29) is 11.6 Å². The third-order valence-electron chi connectivity index (χ3n) is 3.23. The van der Waals surface area contributed by atoms with Crippen LogP contribution >= 0.6 is 0 Å². The Bertz CT molecular complexity index is 648. The number of rotatable bonds is 1. The van der Waals surface area contributed by atoms with Crippen LogP contribution in [0.4, 0.5) is 4.39 Å². The number of H-pyrrole nitrogens is 1. The zero-order valence-corrected chi connectivity index (χ0v) is 9.33. The molecule has 0 saturated heterocycles. The van der Waals surface area contributed by atoms with Crippen LogP contribution in [-0.4, -0.2) is 9.97 Å². The number of fused-ring (bicyclic) bond motifs is 1. The summed E-state index contributed by atoms with van der Waals surface area (Å²) in [5, 5.41) is 0. The molecule has 2 aromatic rings. The van der Waals surface area contributed by atoms with Crippen LogP contribution in [0.3, 0.4) is 0 Å². The van der Waals surface area contributed by atoms with Crippen molar-refractivity contribution in [3.63, 3.8) is 0 Å². The molecule has 1 aromatic heterocycles. The number of halogens is 1. The number of hydrogen-bond acceptors (Lipinski definition) is 2. The standard InChI is InChI=1S/C13H11FN2O/c1-7-11(14)13(17)16-12(15-7)10-6-8-4-2-3-5-9(8)10/h2-5,10H,6H2,1H3,(H,15,16,17). The van der Waals surface area contributed by atoms with Gasteiger partial charge in [0.25, 0.3) is 5.56 Å². The lowest BCUT2D eigenvalue weighted by Gasteiger charge is -2.29. The molecular weight excluding hydrogens is 219 g/mol. The highest BCUT2D eigenvalue weighted by Crippen LogP contribution is 2.37. The van der Waals surface area contributed by atoms with E-state index in [0.717, 1.165) is 6.42 Å². The van der Waals surface area contributed by atoms with Crippen LogP contribution in [0.5, 0.6) is 0 Å². The van der Waals surface area contributed by atoms with E-state index in [4.69, 9.17) is 0 Å². The predicted molar refractivity (Wildman–Crippen MR) is 61.5 cm³/mol. The summed E-state index contributed by atoms with van der Waals surface area (Å²) in [6.07, 6.45) is 0.851. The second-order valence-electron chi connectivity index (χ2n) is 4.31. The van der Waals surface area contributed by atoms with Crippen LogP contribution in [0.15, 0.2) is 29.1 Å². The lowest BCUT2D eigenvalue weighted by atomic mass is 9.77. The maximum Gasteiger partial charge on any atom is 0.287 e. The van der Waals surface area contributed by atoms with E-state index in [1.54, 1.807) is 0 Å². The molecule has 0 saturated carbocycles. The van der Waals surface area contributed by atoms with Gasteiger partial charge in [0.2, 0.25) is 5.82 Å². The van der Waals surface area contributed by atoms with E-state index in [9.17, 15) is 9.18 Å². The minimum Gasteiger partial charge on any atom is -0.307 e. The molecule has 1 N–H and O–H groups in total. The Morgan fingerprint density at radius 1 is 1.41 bits per heavy atom. The van der Waals surface area contributed by atoms with Gasteiger partial charge in [-0.25, -0.2) is 4.98 Å². The first-order valence-electron chi connectivity index (χ1n) is 5.51. The van der Waals surface area contributed by atoms with Crippen molar-refractivity contribution < 1.29 is 4.39 Å². The SMILES string of the molecule is Cc1nc(C2Cc3ccccc32)[nH]c(=O)c1F. The van der Waals surface area contributed by atoms with Gasteiger partial charge in [0.15, 0.2) is 0 Å². The Balaban J connectivity index is 2.07. The number of aromatic nitrogens is 2. The van der Waals surface area contributed by atoms with Crippen LogP contribution in [0, 0.1) is 12.7 Å². The van der Waals surface area contributed by atoms with E-state index in [2.05, 4.69) is 16.0 Å². The number of nitrogens with one attached hydrogen (secondary N) is 1. The molecule has 0 bridgehead atoms. The molecule has 17 heavy (non-hydrogen) atoms. The fourth-order valence-corrected chi connectivity index (χ4v) is 2.26. The molecule has 3 rings (SSSR count). The second kappa shape index (κ2) is 3.52. The first-order valence-corrected chi connectivity index (χ1v) is 5.51. The van der Waals surface area contributed by atoms with Gasteiger partial charge in [-0.2, -0.15) is 4.39 Å². The van der Waals surface area contributed by atoms with Crippen molar-refractivity contribution in [2.24, 2.45) is 0 Å². The van der Waals surface area contributed by atoms with Gasteiger partial charge in [0, 0.05) is 5.92 Å². The van der Waals surface area contributed by atoms with Crippen molar-refractivity contribution in [2.75, 3.05) is 0 Å². The lowest BCUT2D eigenvalue weighted by Crippen LogP contribution is -2.25. The quantitative estimate of drug-likeness (QED) is 0.813. The van der Waals surface area contributed by atoms with Gasteiger partial charge in [0.05, 0.1) is 5.69 Å². The summed E-state index contributed by atoms with van der Waals surface area (Å²) in [6, 6.07) is 8.02. The van der Waals surface area contributed by atoms with Gasteiger partial charge >= 0.3 is 0 Å². The third kappa shape index (κ3) is 1.48. The summed E-state index contributed by atoms with van der Waals surface area (Å²) in [7, 11) is 0. The van der Waals surface area contributed by atoms with Crippen molar-refractivity contribution in [1.82, 2.24) is 9.97 Å². The fraction of sp³-hybridized carbons (Fsp3) is 0.231. The minimum atomic E-state index is -0.790. The average molecular weight is 230 g/mol. The summed E-state index contributed by atoms with van der Waals surface area (Å²) >= 11 is 0. The number of aryl methyl sites for hydroxylation is 1. The smallest absolute Gasteiger partial charge is 0.287 e. The first-order chi connectivity index (χ1) is 8.16. The number of aromatic amines is 1. The van der Waals surface area contributed by atoms with Crippen molar-refractivity contribution in [3.05, 3.63) is 63.1 Å². The highest BCUT2D eigenvalue weighted by atomic mass is 19.1. The van der Waals surface area contributed by atoms with E-state index < -0.39 is 11.4 Å². The van der Waals surface area contributed by atoms with Crippen LogP contribution in [-0.2, 0) is 6.42 Å². The van der Waals surface area contributed by atoms with Crippen molar-refractivity contribution in [1.29, 1.82) is 0 Å². The molecule has 0 amide bonds. The summed E-state index contributed by atoms with van der Waals surface area (Å²) in [6.45, 7) is 1.51. The molecule has 1 heterocycles. The molecule has 0 spiro atoms. The average Bonchev–Trinajstić information content (AvgIpc) is 2.27. The van der Waals surface area contributed by atoms with Gasteiger partial charge in [-0.05, 0) is 24.5 Å². The second-order valence-corrected chi connectivity index (χ2v) is 4.31. The fourth-order valence-electron chi connectivity index (χ4n) is 2.26. The molecule has 4 heteroatoms. The van der Waals surface area contributed by atoms with Gasteiger partial charge in [-0.3, -0.25) is 4.79 Å². The molecular formula is C13H11FN2O. The Labute approximate surface area is 97.3 Å². The molecule has 1 aliphatic carbocycles. The van der Waals surface area contributed by atoms with Gasteiger partial charge in [-0.15, -0.1) is 0 Å². The zero-order chi connectivity index (χ0) is 12.0. The van der Waals surface area contributed by atoms with E-state index >= 15 is 0 Å². The molecule has 0 aliphatic heterocycles. The molecule has 1 aromatic carbocycles. The molecule has 1 aliphatic rings. The van der Waals surface area contributed by atoms with Crippen LogP contribution in [0.1, 0.15) is 28.6 Å². The first kappa shape index (κ1) is 10.2. The Hall–Kier alpha value is -1.97. The number of nitrogens with zero attached hydrogens (tertiary/aromatic N) is 1. The minimum absolute atomic E-state index is 0.0956. The lowest BCUT2D eigenvalue weighted by molar-refractivity contribution is 0.567. The molecule has 86 valence electrons. The maximum absolute atomic E-state index is 13.2. The third-order valence-corrected chi connectivity index (χ3v) is 3.23. The Kier molecular flexibility index (Phi) is 2.11. The highest BCUT2D eigenvalue weighted by molar-refractivity contribution is 5.43. The Morgan fingerprint density at radius 2 is 2.18 bits per heavy atom. The molecule has 1 atom stereocenters. The number of hydrogen-bond donors (Lipinski definition) is 1. The van der Waals surface area contributed by atoms with E-state index in [1.807, 2.05) is 18.2 Å². The van der Waals surface area contributed by atoms with Gasteiger partial charge in [0.1, 0.15) is 5.82 Å². The summed E-state index contributed by atoms with van der Waals surface area (Å²) in [5.41, 5.74) is 1.91. The summed E-state index contributed by atoms with van der Waals surface area (Å²) in [4.78, 5) is 18.0. The normalized spacial score (nSPS) is 17.4. The molecule has 0 radical (unpaired) electrons.